The Morgan fingerprint density at radius 2 is 2.04 bits per heavy atom. The highest BCUT2D eigenvalue weighted by molar-refractivity contribution is 7.99. The van der Waals surface area contributed by atoms with Crippen LogP contribution in [0.1, 0.15) is 32.1 Å². The first-order valence-corrected chi connectivity index (χ1v) is 7.92. The highest BCUT2D eigenvalue weighted by Crippen LogP contribution is 2.26. The van der Waals surface area contributed by atoms with Gasteiger partial charge in [0.15, 0.2) is 6.61 Å². The fourth-order valence-corrected chi connectivity index (χ4v) is 2.72. The van der Waals surface area contributed by atoms with Crippen molar-refractivity contribution in [3.8, 4) is 0 Å². The maximum absolute atomic E-state index is 12.5. The Morgan fingerprint density at radius 3 is 2.62 bits per heavy atom. The molecule has 2 aromatic rings. The van der Waals surface area contributed by atoms with Gasteiger partial charge in [0, 0.05) is 30.2 Å². The molecule has 2 heterocycles. The number of pyridine rings is 1. The molecule has 0 fully saturated rings. The van der Waals surface area contributed by atoms with E-state index in [4.69, 9.17) is 4.74 Å². The fourth-order valence-electron chi connectivity index (χ4n) is 2.15. The van der Waals surface area contributed by atoms with E-state index in [9.17, 15) is 18.4 Å². The lowest BCUT2D eigenvalue weighted by atomic mass is 10.1. The van der Waals surface area contributed by atoms with Crippen LogP contribution in [0, 0.1) is 13.8 Å². The molecule has 0 atom stereocenters. The van der Waals surface area contributed by atoms with Crippen LogP contribution in [-0.2, 0) is 11.8 Å². The molecule has 2 rings (SSSR count). The van der Waals surface area contributed by atoms with Crippen LogP contribution in [0.4, 0.5) is 8.78 Å². The summed E-state index contributed by atoms with van der Waals surface area (Å²) in [6.07, 6.45) is 1.31. The SMILES string of the molecule is Cc1cc(C(=O)COC(=O)c2cccnc2SC(F)F)c(C)n1C. The normalized spacial score (nSPS) is 10.9. The van der Waals surface area contributed by atoms with Gasteiger partial charge >= 0.3 is 5.97 Å². The molecule has 0 aliphatic carbocycles. The Balaban J connectivity index is 2.08. The third-order valence-corrected chi connectivity index (χ3v) is 4.33. The number of carbonyl (C=O) groups excluding carboxylic acids is 2. The minimum absolute atomic E-state index is 0.0865. The molecular weight excluding hydrogens is 338 g/mol. The van der Waals surface area contributed by atoms with Crippen LogP contribution in [0.15, 0.2) is 29.4 Å². The molecule has 0 bridgehead atoms. The summed E-state index contributed by atoms with van der Waals surface area (Å²) in [4.78, 5) is 28.0. The van der Waals surface area contributed by atoms with Crippen LogP contribution in [0.2, 0.25) is 0 Å². The lowest BCUT2D eigenvalue weighted by Crippen LogP contribution is -2.16. The van der Waals surface area contributed by atoms with Crippen LogP contribution in [-0.4, -0.2) is 33.7 Å². The van der Waals surface area contributed by atoms with E-state index in [1.165, 1.54) is 18.3 Å². The number of Topliss-reactive ketones (excluding diaryl/α,β-unsaturated/α-hetero) is 1. The highest BCUT2D eigenvalue weighted by Gasteiger charge is 2.20. The van der Waals surface area contributed by atoms with Gasteiger partial charge in [0.2, 0.25) is 5.78 Å². The molecule has 0 radical (unpaired) electrons. The summed E-state index contributed by atoms with van der Waals surface area (Å²) in [6.45, 7) is 3.19. The monoisotopic (exact) mass is 354 g/mol. The standard InChI is InChI=1S/C16H16F2N2O3S/c1-9-7-12(10(2)20(9)3)13(21)8-23-15(22)11-5-4-6-19-14(11)24-16(17)18/h4-7,16H,8H2,1-3H3. The smallest absolute Gasteiger partial charge is 0.341 e. The van der Waals surface area contributed by atoms with Gasteiger partial charge in [-0.25, -0.2) is 9.78 Å². The maximum atomic E-state index is 12.5. The summed E-state index contributed by atoms with van der Waals surface area (Å²) < 4.78 is 31.8. The number of aryl methyl sites for hydroxylation is 1. The van der Waals surface area contributed by atoms with Crippen molar-refractivity contribution in [1.29, 1.82) is 0 Å². The molecule has 0 aliphatic rings. The summed E-state index contributed by atoms with van der Waals surface area (Å²) in [7, 11) is 1.83. The van der Waals surface area contributed by atoms with E-state index in [-0.39, 0.29) is 28.1 Å². The zero-order chi connectivity index (χ0) is 17.9. The van der Waals surface area contributed by atoms with E-state index < -0.39 is 18.3 Å². The van der Waals surface area contributed by atoms with Crippen molar-refractivity contribution in [1.82, 2.24) is 9.55 Å². The summed E-state index contributed by atoms with van der Waals surface area (Å²) in [5.74, 6) is -3.91. The number of rotatable bonds is 6. The number of halogens is 2. The lowest BCUT2D eigenvalue weighted by Gasteiger charge is -2.08. The van der Waals surface area contributed by atoms with E-state index in [2.05, 4.69) is 4.98 Å². The molecule has 0 N–H and O–H groups in total. The van der Waals surface area contributed by atoms with Crippen molar-refractivity contribution in [3.05, 3.63) is 46.9 Å². The summed E-state index contributed by atoms with van der Waals surface area (Å²) >= 11 is 0.158. The van der Waals surface area contributed by atoms with Crippen molar-refractivity contribution in [2.24, 2.45) is 7.05 Å². The molecule has 0 aromatic carbocycles. The van der Waals surface area contributed by atoms with Gasteiger partial charge in [-0.05, 0) is 43.8 Å². The van der Waals surface area contributed by atoms with Crippen LogP contribution >= 0.6 is 11.8 Å². The van der Waals surface area contributed by atoms with Crippen molar-refractivity contribution in [3.63, 3.8) is 0 Å². The van der Waals surface area contributed by atoms with E-state index in [1.54, 1.807) is 13.0 Å². The molecule has 24 heavy (non-hydrogen) atoms. The molecule has 128 valence electrons. The Bertz CT molecular complexity index is 775. The van der Waals surface area contributed by atoms with E-state index in [0.717, 1.165) is 11.4 Å². The summed E-state index contributed by atoms with van der Waals surface area (Å²) in [5, 5.41) is -0.128. The topological polar surface area (TPSA) is 61.2 Å². The number of hydrogen-bond acceptors (Lipinski definition) is 5. The molecule has 0 saturated carbocycles. The quantitative estimate of drug-likeness (QED) is 0.452. The largest absolute Gasteiger partial charge is 0.454 e. The van der Waals surface area contributed by atoms with Crippen molar-refractivity contribution in [2.45, 2.75) is 24.6 Å². The molecular formula is C16H16F2N2O3S. The molecule has 0 amide bonds. The van der Waals surface area contributed by atoms with E-state index in [1.807, 2.05) is 18.5 Å². The van der Waals surface area contributed by atoms with Crippen LogP contribution in [0.3, 0.4) is 0 Å². The lowest BCUT2D eigenvalue weighted by molar-refractivity contribution is 0.0470. The van der Waals surface area contributed by atoms with Crippen molar-refractivity contribution in [2.75, 3.05) is 6.61 Å². The van der Waals surface area contributed by atoms with Crippen LogP contribution in [0.5, 0.6) is 0 Å². The van der Waals surface area contributed by atoms with Gasteiger partial charge in [-0.15, -0.1) is 0 Å². The van der Waals surface area contributed by atoms with Crippen LogP contribution in [0.25, 0.3) is 0 Å². The van der Waals surface area contributed by atoms with Gasteiger partial charge in [0.25, 0.3) is 5.76 Å². The first-order chi connectivity index (χ1) is 11.3. The number of ether oxygens (including phenoxy) is 1. The number of carbonyl (C=O) groups is 2. The summed E-state index contributed by atoms with van der Waals surface area (Å²) in [5.41, 5.74) is 2.06. The Kier molecular flexibility index (Phi) is 5.71. The second-order valence-electron chi connectivity index (χ2n) is 5.08. The zero-order valence-corrected chi connectivity index (χ0v) is 14.2. The summed E-state index contributed by atoms with van der Waals surface area (Å²) in [6, 6.07) is 4.49. The predicted octanol–water partition coefficient (Wildman–Crippen LogP) is 3.39. The first kappa shape index (κ1) is 18.1. The molecule has 0 unspecified atom stereocenters. The number of alkyl halides is 2. The minimum Gasteiger partial charge on any atom is -0.454 e. The number of nitrogens with zero attached hydrogens (tertiary/aromatic N) is 2. The van der Waals surface area contributed by atoms with Gasteiger partial charge < -0.3 is 9.30 Å². The maximum Gasteiger partial charge on any atom is 0.341 e. The fraction of sp³-hybridized carbons (Fsp3) is 0.312. The highest BCUT2D eigenvalue weighted by atomic mass is 32.2. The zero-order valence-electron chi connectivity index (χ0n) is 13.4. The number of aromatic nitrogens is 2. The Morgan fingerprint density at radius 1 is 1.33 bits per heavy atom. The molecule has 0 saturated heterocycles. The third-order valence-electron chi connectivity index (χ3n) is 3.60. The molecule has 8 heteroatoms. The second-order valence-corrected chi connectivity index (χ2v) is 6.06. The Labute approximate surface area is 142 Å². The number of esters is 1. The number of hydrogen-bond donors (Lipinski definition) is 0. The van der Waals surface area contributed by atoms with E-state index >= 15 is 0 Å². The molecule has 0 spiro atoms. The van der Waals surface area contributed by atoms with E-state index in [0.29, 0.717) is 5.56 Å². The van der Waals surface area contributed by atoms with Gasteiger partial charge in [0.05, 0.1) is 5.56 Å². The average molecular weight is 354 g/mol. The van der Waals surface area contributed by atoms with Crippen molar-refractivity contribution < 1.29 is 23.1 Å². The van der Waals surface area contributed by atoms with Gasteiger partial charge in [0.1, 0.15) is 5.03 Å². The molecule has 5 nitrogen and oxygen atoms in total. The minimum atomic E-state index is -2.71. The van der Waals surface area contributed by atoms with Gasteiger partial charge in [-0.1, -0.05) is 0 Å². The third kappa shape index (κ3) is 4.00. The average Bonchev–Trinajstić information content (AvgIpc) is 2.80. The van der Waals surface area contributed by atoms with Gasteiger partial charge in [-0.2, -0.15) is 8.78 Å². The Hall–Kier alpha value is -2.22. The van der Waals surface area contributed by atoms with Gasteiger partial charge in [-0.3, -0.25) is 4.79 Å². The number of ketones is 1. The number of thioether (sulfide) groups is 1. The first-order valence-electron chi connectivity index (χ1n) is 7.04. The van der Waals surface area contributed by atoms with Crippen molar-refractivity contribution >= 4 is 23.5 Å². The predicted molar refractivity (Wildman–Crippen MR) is 85.6 cm³/mol. The molecule has 0 aliphatic heterocycles. The second kappa shape index (κ2) is 7.57. The van der Waals surface area contributed by atoms with Crippen LogP contribution < -0.4 is 0 Å². The molecule has 2 aromatic heterocycles.